The summed E-state index contributed by atoms with van der Waals surface area (Å²) >= 11 is 0. The van der Waals surface area contributed by atoms with Gasteiger partial charge < -0.3 is 9.30 Å². The number of hydrogen-bond acceptors (Lipinski definition) is 5. The fourth-order valence-electron chi connectivity index (χ4n) is 2.84. The molecule has 0 fully saturated rings. The summed E-state index contributed by atoms with van der Waals surface area (Å²) in [4.78, 5) is 8.15. The van der Waals surface area contributed by atoms with Crippen LogP contribution in [0.15, 0.2) is 35.4 Å². The lowest BCUT2D eigenvalue weighted by atomic mass is 10.1. The van der Waals surface area contributed by atoms with Crippen molar-refractivity contribution in [3.8, 4) is 17.3 Å². The fraction of sp³-hybridized carbons (Fsp3) is 0.250. The first-order chi connectivity index (χ1) is 12.5. The van der Waals surface area contributed by atoms with E-state index in [1.54, 1.807) is 18.5 Å². The number of benzene rings is 1. The van der Waals surface area contributed by atoms with Gasteiger partial charge in [-0.2, -0.15) is 8.42 Å². The van der Waals surface area contributed by atoms with E-state index in [4.69, 9.17) is 0 Å². The number of aromatic nitrogens is 3. The van der Waals surface area contributed by atoms with Gasteiger partial charge in [0, 0.05) is 24.9 Å². The molecule has 0 amide bonds. The molecular formula is C16H14F3N3O4S. The van der Waals surface area contributed by atoms with E-state index in [1.165, 1.54) is 18.3 Å². The minimum Gasteiger partial charge on any atom is -0.406 e. The molecule has 27 heavy (non-hydrogen) atoms. The number of hydrogen-bond donors (Lipinski definition) is 1. The second-order valence-electron chi connectivity index (χ2n) is 5.66. The SMILES string of the molecule is CCc1c(S(=O)(=O)O)ccnc1-c1nc2cc(OC(F)(F)F)ccc2n1C. The second-order valence-corrected chi connectivity index (χ2v) is 7.05. The molecule has 0 aliphatic rings. The van der Waals surface area contributed by atoms with Crippen LogP contribution < -0.4 is 4.74 Å². The smallest absolute Gasteiger partial charge is 0.406 e. The van der Waals surface area contributed by atoms with Crippen molar-refractivity contribution in [1.29, 1.82) is 0 Å². The topological polar surface area (TPSA) is 94.3 Å². The molecule has 11 heteroatoms. The molecule has 0 atom stereocenters. The Morgan fingerprint density at radius 2 is 1.96 bits per heavy atom. The van der Waals surface area contributed by atoms with Crippen LogP contribution in [0.2, 0.25) is 0 Å². The molecule has 2 aromatic heterocycles. The third-order valence-corrected chi connectivity index (χ3v) is 4.88. The normalized spacial score (nSPS) is 12.5. The Labute approximate surface area is 152 Å². The van der Waals surface area contributed by atoms with Gasteiger partial charge in [0.05, 0.1) is 11.0 Å². The van der Waals surface area contributed by atoms with Gasteiger partial charge in [-0.3, -0.25) is 9.54 Å². The van der Waals surface area contributed by atoms with E-state index in [9.17, 15) is 26.1 Å². The maximum absolute atomic E-state index is 12.4. The summed E-state index contributed by atoms with van der Waals surface area (Å²) in [5.74, 6) is -0.175. The van der Waals surface area contributed by atoms with Crippen LogP contribution in [-0.2, 0) is 23.6 Å². The molecule has 0 radical (unpaired) electrons. The van der Waals surface area contributed by atoms with Gasteiger partial charge in [0.1, 0.15) is 16.3 Å². The van der Waals surface area contributed by atoms with Crippen molar-refractivity contribution in [2.45, 2.75) is 24.6 Å². The Morgan fingerprint density at radius 1 is 1.26 bits per heavy atom. The summed E-state index contributed by atoms with van der Waals surface area (Å²) in [7, 11) is -2.85. The van der Waals surface area contributed by atoms with Gasteiger partial charge in [0.25, 0.3) is 10.1 Å². The van der Waals surface area contributed by atoms with Gasteiger partial charge in [-0.1, -0.05) is 6.92 Å². The van der Waals surface area contributed by atoms with E-state index in [0.717, 1.165) is 12.1 Å². The molecule has 0 aliphatic carbocycles. The third kappa shape index (κ3) is 3.74. The fourth-order valence-corrected chi connectivity index (χ4v) is 3.62. The molecule has 3 rings (SSSR count). The van der Waals surface area contributed by atoms with E-state index in [2.05, 4.69) is 14.7 Å². The zero-order chi connectivity index (χ0) is 20.0. The number of alkyl halides is 3. The Hall–Kier alpha value is -2.66. The molecule has 0 saturated carbocycles. The van der Waals surface area contributed by atoms with Gasteiger partial charge in [0.2, 0.25) is 0 Å². The van der Waals surface area contributed by atoms with Crippen LogP contribution in [0.5, 0.6) is 5.75 Å². The summed E-state index contributed by atoms with van der Waals surface area (Å²) in [5, 5.41) is 0. The first-order valence-electron chi connectivity index (χ1n) is 7.69. The molecule has 144 valence electrons. The van der Waals surface area contributed by atoms with E-state index < -0.39 is 22.2 Å². The van der Waals surface area contributed by atoms with Crippen molar-refractivity contribution in [1.82, 2.24) is 14.5 Å². The predicted octanol–water partition coefficient (Wildman–Crippen LogP) is 3.34. The molecular weight excluding hydrogens is 387 g/mol. The highest BCUT2D eigenvalue weighted by atomic mass is 32.2. The van der Waals surface area contributed by atoms with Crippen LogP contribution in [0.1, 0.15) is 12.5 Å². The Morgan fingerprint density at radius 3 is 2.56 bits per heavy atom. The van der Waals surface area contributed by atoms with Crippen molar-refractivity contribution in [2.75, 3.05) is 0 Å². The minimum absolute atomic E-state index is 0.213. The van der Waals surface area contributed by atoms with Crippen LogP contribution in [0.3, 0.4) is 0 Å². The average Bonchev–Trinajstić information content (AvgIpc) is 2.88. The second kappa shape index (κ2) is 6.50. The largest absolute Gasteiger partial charge is 0.573 e. The third-order valence-electron chi connectivity index (χ3n) is 3.94. The van der Waals surface area contributed by atoms with E-state index in [1.807, 2.05) is 0 Å². The highest BCUT2D eigenvalue weighted by molar-refractivity contribution is 7.85. The summed E-state index contributed by atoms with van der Waals surface area (Å²) in [6.45, 7) is 1.69. The quantitative estimate of drug-likeness (QED) is 0.674. The zero-order valence-corrected chi connectivity index (χ0v) is 15.0. The summed E-state index contributed by atoms with van der Waals surface area (Å²) < 4.78 is 75.3. The standard InChI is InChI=1S/C16H14F3N3O4S/c1-3-10-13(27(23,24)25)6-7-20-14(10)15-21-11-8-9(26-16(17,18)19)4-5-12(11)22(15)2/h4-8H,3H2,1-2H3,(H,23,24,25). The van der Waals surface area contributed by atoms with Gasteiger partial charge in [-0.05, 0) is 24.6 Å². The molecule has 0 saturated heterocycles. The van der Waals surface area contributed by atoms with Crippen molar-refractivity contribution in [3.05, 3.63) is 36.0 Å². The monoisotopic (exact) mass is 401 g/mol. The minimum atomic E-state index is -4.83. The summed E-state index contributed by atoms with van der Waals surface area (Å²) in [6.07, 6.45) is -3.37. The van der Waals surface area contributed by atoms with Crippen LogP contribution in [0.4, 0.5) is 13.2 Å². The predicted molar refractivity (Wildman–Crippen MR) is 89.8 cm³/mol. The molecule has 3 aromatic rings. The lowest BCUT2D eigenvalue weighted by Gasteiger charge is -2.10. The molecule has 0 aliphatic heterocycles. The van der Waals surface area contributed by atoms with Crippen molar-refractivity contribution in [2.24, 2.45) is 7.05 Å². The molecule has 1 aromatic carbocycles. The van der Waals surface area contributed by atoms with Gasteiger partial charge in [0.15, 0.2) is 5.82 Å². The van der Waals surface area contributed by atoms with Crippen LogP contribution in [0, 0.1) is 0 Å². The highest BCUT2D eigenvalue weighted by Gasteiger charge is 2.31. The zero-order valence-electron chi connectivity index (χ0n) is 14.1. The van der Waals surface area contributed by atoms with Crippen LogP contribution in [-0.4, -0.2) is 33.9 Å². The van der Waals surface area contributed by atoms with E-state index in [0.29, 0.717) is 5.52 Å². The number of pyridine rings is 1. The van der Waals surface area contributed by atoms with Crippen molar-refractivity contribution >= 4 is 21.2 Å². The van der Waals surface area contributed by atoms with Crippen LogP contribution in [0.25, 0.3) is 22.6 Å². The molecule has 7 nitrogen and oxygen atoms in total. The lowest BCUT2D eigenvalue weighted by molar-refractivity contribution is -0.274. The first kappa shape index (κ1) is 19.1. The Kier molecular flexibility index (Phi) is 4.60. The molecule has 0 bridgehead atoms. The molecule has 0 unspecified atom stereocenters. The number of rotatable bonds is 4. The maximum atomic E-state index is 12.4. The molecule has 1 N–H and O–H groups in total. The maximum Gasteiger partial charge on any atom is 0.573 e. The van der Waals surface area contributed by atoms with Gasteiger partial charge in [-0.15, -0.1) is 13.2 Å². The van der Waals surface area contributed by atoms with Crippen LogP contribution >= 0.6 is 0 Å². The van der Waals surface area contributed by atoms with Crippen molar-refractivity contribution in [3.63, 3.8) is 0 Å². The summed E-state index contributed by atoms with van der Waals surface area (Å²) in [5.41, 5.74) is 1.19. The Balaban J connectivity index is 2.20. The number of ether oxygens (including phenoxy) is 1. The van der Waals surface area contributed by atoms with E-state index in [-0.39, 0.29) is 33.9 Å². The first-order valence-corrected chi connectivity index (χ1v) is 9.13. The number of halogens is 3. The van der Waals surface area contributed by atoms with E-state index >= 15 is 0 Å². The number of aryl methyl sites for hydroxylation is 1. The van der Waals surface area contributed by atoms with Gasteiger partial charge >= 0.3 is 6.36 Å². The highest BCUT2D eigenvalue weighted by Crippen LogP contribution is 2.31. The number of nitrogens with zero attached hydrogens (tertiary/aromatic N) is 3. The number of imidazole rings is 1. The Bertz CT molecular complexity index is 1120. The van der Waals surface area contributed by atoms with Crippen molar-refractivity contribution < 1.29 is 30.9 Å². The summed E-state index contributed by atoms with van der Waals surface area (Å²) in [6, 6.07) is 4.87. The number of fused-ring (bicyclic) bond motifs is 1. The molecule has 0 spiro atoms. The average molecular weight is 401 g/mol. The lowest BCUT2D eigenvalue weighted by Crippen LogP contribution is -2.16. The molecule has 2 heterocycles. The van der Waals surface area contributed by atoms with Gasteiger partial charge in [-0.25, -0.2) is 4.98 Å².